The standard InChI is InChI=1S/C16H23N3O/c1-4-15(11-20-3)18-13(2)14-6-5-7-16(10-14)19-9-8-17-12-19/h5-10,12-13,15,18H,4,11H2,1-3H3/t13-,15+/m1/s1. The molecule has 0 aliphatic heterocycles. The van der Waals surface area contributed by atoms with Crippen LogP contribution in [0.4, 0.5) is 0 Å². The minimum atomic E-state index is 0.290. The number of nitrogens with zero attached hydrogens (tertiary/aromatic N) is 2. The van der Waals surface area contributed by atoms with Gasteiger partial charge in [0, 0.05) is 37.3 Å². The van der Waals surface area contributed by atoms with E-state index in [1.54, 1.807) is 13.3 Å². The third-order valence-corrected chi connectivity index (χ3v) is 3.52. The summed E-state index contributed by atoms with van der Waals surface area (Å²) in [5.74, 6) is 0. The molecule has 20 heavy (non-hydrogen) atoms. The van der Waals surface area contributed by atoms with Crippen molar-refractivity contribution in [1.29, 1.82) is 0 Å². The second kappa shape index (κ2) is 7.22. The molecule has 0 saturated carbocycles. The fraction of sp³-hybridized carbons (Fsp3) is 0.438. The lowest BCUT2D eigenvalue weighted by Crippen LogP contribution is -2.34. The van der Waals surface area contributed by atoms with Crippen LogP contribution in [0.5, 0.6) is 0 Å². The van der Waals surface area contributed by atoms with Gasteiger partial charge >= 0.3 is 0 Å². The van der Waals surface area contributed by atoms with Crippen molar-refractivity contribution in [3.63, 3.8) is 0 Å². The summed E-state index contributed by atoms with van der Waals surface area (Å²) in [6.45, 7) is 5.10. The van der Waals surface area contributed by atoms with Crippen LogP contribution in [0, 0.1) is 0 Å². The molecule has 0 aliphatic rings. The first kappa shape index (κ1) is 14.8. The number of ether oxygens (including phenoxy) is 1. The Balaban J connectivity index is 2.10. The topological polar surface area (TPSA) is 39.1 Å². The van der Waals surface area contributed by atoms with Crippen LogP contribution >= 0.6 is 0 Å². The van der Waals surface area contributed by atoms with Crippen molar-refractivity contribution in [2.24, 2.45) is 0 Å². The summed E-state index contributed by atoms with van der Waals surface area (Å²) in [6.07, 6.45) is 6.62. The molecule has 1 aromatic heterocycles. The van der Waals surface area contributed by atoms with Gasteiger partial charge in [0.25, 0.3) is 0 Å². The molecule has 2 atom stereocenters. The third-order valence-electron chi connectivity index (χ3n) is 3.52. The molecule has 4 nitrogen and oxygen atoms in total. The molecule has 1 N–H and O–H groups in total. The summed E-state index contributed by atoms with van der Waals surface area (Å²) in [5.41, 5.74) is 2.40. The van der Waals surface area contributed by atoms with Crippen molar-refractivity contribution in [1.82, 2.24) is 14.9 Å². The Kier molecular flexibility index (Phi) is 5.32. The molecule has 0 unspecified atom stereocenters. The lowest BCUT2D eigenvalue weighted by Gasteiger charge is -2.22. The van der Waals surface area contributed by atoms with Crippen LogP contribution in [0.2, 0.25) is 0 Å². The van der Waals surface area contributed by atoms with Crippen molar-refractivity contribution in [3.8, 4) is 5.69 Å². The van der Waals surface area contributed by atoms with Crippen molar-refractivity contribution < 1.29 is 4.74 Å². The first-order valence-corrected chi connectivity index (χ1v) is 7.08. The summed E-state index contributed by atoms with van der Waals surface area (Å²) in [7, 11) is 1.74. The van der Waals surface area contributed by atoms with Gasteiger partial charge in [0.1, 0.15) is 0 Å². The van der Waals surface area contributed by atoms with E-state index in [1.165, 1.54) is 5.56 Å². The van der Waals surface area contributed by atoms with E-state index < -0.39 is 0 Å². The highest BCUT2D eigenvalue weighted by molar-refractivity contribution is 5.37. The van der Waals surface area contributed by atoms with Gasteiger partial charge in [0.15, 0.2) is 0 Å². The number of hydrogen-bond acceptors (Lipinski definition) is 3. The number of aromatic nitrogens is 2. The van der Waals surface area contributed by atoms with Crippen molar-refractivity contribution in [2.45, 2.75) is 32.4 Å². The van der Waals surface area contributed by atoms with Crippen LogP contribution in [-0.2, 0) is 4.74 Å². The summed E-state index contributed by atoms with van der Waals surface area (Å²) in [4.78, 5) is 4.09. The molecule has 0 fully saturated rings. The van der Waals surface area contributed by atoms with E-state index >= 15 is 0 Å². The minimum absolute atomic E-state index is 0.290. The highest BCUT2D eigenvalue weighted by Gasteiger charge is 2.12. The molecule has 0 aliphatic carbocycles. The summed E-state index contributed by atoms with van der Waals surface area (Å²) in [6, 6.07) is 9.19. The first-order chi connectivity index (χ1) is 9.74. The van der Waals surface area contributed by atoms with Crippen LogP contribution in [0.3, 0.4) is 0 Å². The van der Waals surface area contributed by atoms with Gasteiger partial charge in [-0.15, -0.1) is 0 Å². The summed E-state index contributed by atoms with van der Waals surface area (Å²) < 4.78 is 7.26. The van der Waals surface area contributed by atoms with Gasteiger partial charge < -0.3 is 14.6 Å². The Bertz CT molecular complexity index is 510. The SMILES string of the molecule is CC[C@@H](COC)N[C@H](C)c1cccc(-n2ccnc2)c1. The molecular weight excluding hydrogens is 250 g/mol. The van der Waals surface area contributed by atoms with E-state index in [2.05, 4.69) is 48.4 Å². The molecule has 0 saturated heterocycles. The summed E-state index contributed by atoms with van der Waals surface area (Å²) >= 11 is 0. The van der Waals surface area contributed by atoms with Crippen LogP contribution in [0.25, 0.3) is 5.69 Å². The zero-order valence-corrected chi connectivity index (χ0v) is 12.4. The van der Waals surface area contributed by atoms with Crippen molar-refractivity contribution >= 4 is 0 Å². The van der Waals surface area contributed by atoms with E-state index in [-0.39, 0.29) is 0 Å². The highest BCUT2D eigenvalue weighted by Crippen LogP contribution is 2.17. The average molecular weight is 273 g/mol. The van der Waals surface area contributed by atoms with Gasteiger partial charge in [-0.1, -0.05) is 19.1 Å². The summed E-state index contributed by atoms with van der Waals surface area (Å²) in [5, 5.41) is 3.61. The van der Waals surface area contributed by atoms with Gasteiger partial charge in [-0.05, 0) is 31.0 Å². The normalized spacial score (nSPS) is 14.2. The fourth-order valence-corrected chi connectivity index (χ4v) is 2.30. The number of benzene rings is 1. The Morgan fingerprint density at radius 1 is 1.40 bits per heavy atom. The molecule has 2 aromatic rings. The maximum absolute atomic E-state index is 5.24. The number of methoxy groups -OCH3 is 1. The monoisotopic (exact) mass is 273 g/mol. The quantitative estimate of drug-likeness (QED) is 0.843. The van der Waals surface area contributed by atoms with E-state index in [0.717, 1.165) is 18.7 Å². The van der Waals surface area contributed by atoms with Crippen LogP contribution in [0.1, 0.15) is 31.9 Å². The Labute approximate surface area is 120 Å². The van der Waals surface area contributed by atoms with Crippen LogP contribution < -0.4 is 5.32 Å². The predicted octanol–water partition coefficient (Wildman–Crippen LogP) is 2.95. The molecule has 0 spiro atoms. The Hall–Kier alpha value is -1.65. The predicted molar refractivity (Wildman–Crippen MR) is 81.1 cm³/mol. The van der Waals surface area contributed by atoms with E-state index in [1.807, 2.05) is 17.1 Å². The van der Waals surface area contributed by atoms with Gasteiger partial charge in [-0.2, -0.15) is 0 Å². The number of nitrogens with one attached hydrogen (secondary N) is 1. The minimum Gasteiger partial charge on any atom is -0.383 e. The molecule has 108 valence electrons. The number of rotatable bonds is 7. The lowest BCUT2D eigenvalue weighted by atomic mass is 10.1. The average Bonchev–Trinajstić information content (AvgIpc) is 3.01. The zero-order chi connectivity index (χ0) is 14.4. The van der Waals surface area contributed by atoms with Crippen LogP contribution in [0.15, 0.2) is 43.0 Å². The van der Waals surface area contributed by atoms with Gasteiger partial charge in [-0.3, -0.25) is 0 Å². The van der Waals surface area contributed by atoms with Gasteiger partial charge in [-0.25, -0.2) is 4.98 Å². The molecular formula is C16H23N3O. The molecule has 0 amide bonds. The Morgan fingerprint density at radius 2 is 2.25 bits per heavy atom. The van der Waals surface area contributed by atoms with E-state index in [0.29, 0.717) is 12.1 Å². The van der Waals surface area contributed by atoms with E-state index in [9.17, 15) is 0 Å². The molecule has 2 rings (SSSR count). The van der Waals surface area contributed by atoms with Gasteiger partial charge in [0.2, 0.25) is 0 Å². The third kappa shape index (κ3) is 3.68. The molecule has 4 heteroatoms. The first-order valence-electron chi connectivity index (χ1n) is 7.08. The maximum Gasteiger partial charge on any atom is 0.0991 e. The van der Waals surface area contributed by atoms with Crippen molar-refractivity contribution in [2.75, 3.05) is 13.7 Å². The largest absolute Gasteiger partial charge is 0.383 e. The smallest absolute Gasteiger partial charge is 0.0991 e. The number of imidazole rings is 1. The number of hydrogen-bond donors (Lipinski definition) is 1. The Morgan fingerprint density at radius 3 is 2.90 bits per heavy atom. The zero-order valence-electron chi connectivity index (χ0n) is 12.4. The van der Waals surface area contributed by atoms with Crippen LogP contribution in [-0.4, -0.2) is 29.3 Å². The molecule has 0 radical (unpaired) electrons. The lowest BCUT2D eigenvalue weighted by molar-refractivity contribution is 0.159. The molecule has 0 bridgehead atoms. The second-order valence-corrected chi connectivity index (χ2v) is 5.01. The van der Waals surface area contributed by atoms with Crippen molar-refractivity contribution in [3.05, 3.63) is 48.5 Å². The molecule has 1 heterocycles. The van der Waals surface area contributed by atoms with Gasteiger partial charge in [0.05, 0.1) is 12.9 Å². The highest BCUT2D eigenvalue weighted by atomic mass is 16.5. The fourth-order valence-electron chi connectivity index (χ4n) is 2.30. The maximum atomic E-state index is 5.24. The molecule has 1 aromatic carbocycles. The second-order valence-electron chi connectivity index (χ2n) is 5.01. The van der Waals surface area contributed by atoms with E-state index in [4.69, 9.17) is 4.74 Å².